The molecule has 0 saturated carbocycles. The van der Waals surface area contributed by atoms with Crippen molar-refractivity contribution in [3.63, 3.8) is 0 Å². The van der Waals surface area contributed by atoms with E-state index in [9.17, 15) is 0 Å². The number of hydrogen-bond donors (Lipinski definition) is 1. The fourth-order valence-electron chi connectivity index (χ4n) is 2.58. The van der Waals surface area contributed by atoms with Crippen LogP contribution in [0.4, 0.5) is 5.82 Å². The van der Waals surface area contributed by atoms with E-state index in [0.29, 0.717) is 6.54 Å². The topological polar surface area (TPSA) is 54.2 Å². The van der Waals surface area contributed by atoms with Gasteiger partial charge in [0.25, 0.3) is 0 Å². The van der Waals surface area contributed by atoms with E-state index in [-0.39, 0.29) is 0 Å². The molecule has 5 heteroatoms. The van der Waals surface area contributed by atoms with Crippen LogP contribution < -0.4 is 10.2 Å². The van der Waals surface area contributed by atoms with Crippen molar-refractivity contribution >= 4 is 5.82 Å². The molecule has 0 aromatic carbocycles. The third-order valence-electron chi connectivity index (χ3n) is 3.92. The van der Waals surface area contributed by atoms with Gasteiger partial charge >= 0.3 is 0 Å². The Morgan fingerprint density at radius 1 is 1.19 bits per heavy atom. The molecule has 1 aliphatic heterocycles. The van der Waals surface area contributed by atoms with Gasteiger partial charge in [-0.3, -0.25) is 0 Å². The molecule has 0 aliphatic carbocycles. The molecule has 3 rings (SSSR count). The van der Waals surface area contributed by atoms with Crippen LogP contribution in [0.2, 0.25) is 0 Å². The van der Waals surface area contributed by atoms with Crippen LogP contribution in [-0.4, -0.2) is 23.1 Å². The number of aromatic nitrogens is 2. The highest BCUT2D eigenvalue weighted by atomic mass is 16.4. The van der Waals surface area contributed by atoms with Gasteiger partial charge in [-0.25, -0.2) is 9.97 Å². The maximum absolute atomic E-state index is 5.54. The Hall–Kier alpha value is -1.88. The minimum Gasteiger partial charge on any atom is -0.444 e. The van der Waals surface area contributed by atoms with Gasteiger partial charge in [0.2, 0.25) is 5.89 Å². The van der Waals surface area contributed by atoms with Crippen molar-refractivity contribution in [2.24, 2.45) is 0 Å². The lowest BCUT2D eigenvalue weighted by Gasteiger charge is -2.16. The first-order chi connectivity index (χ1) is 10.2. The third-order valence-corrected chi connectivity index (χ3v) is 3.92. The molecule has 0 bridgehead atoms. The summed E-state index contributed by atoms with van der Waals surface area (Å²) in [5, 5.41) is 3.34. The number of nitrogens with zero attached hydrogens (tertiary/aromatic N) is 3. The molecule has 0 unspecified atom stereocenters. The first-order valence-corrected chi connectivity index (χ1v) is 7.56. The molecule has 1 saturated heterocycles. The summed E-state index contributed by atoms with van der Waals surface area (Å²) >= 11 is 0. The van der Waals surface area contributed by atoms with Crippen LogP contribution in [0.15, 0.2) is 22.7 Å². The van der Waals surface area contributed by atoms with Crippen LogP contribution in [-0.2, 0) is 13.1 Å². The summed E-state index contributed by atoms with van der Waals surface area (Å²) in [6.07, 6.45) is 4.51. The van der Waals surface area contributed by atoms with Gasteiger partial charge in [0.1, 0.15) is 11.6 Å². The summed E-state index contributed by atoms with van der Waals surface area (Å²) in [4.78, 5) is 11.3. The number of nitrogens with one attached hydrogen (secondary N) is 1. The molecular formula is C16H22N4O. The summed E-state index contributed by atoms with van der Waals surface area (Å²) in [7, 11) is 0. The van der Waals surface area contributed by atoms with Gasteiger partial charge in [-0.2, -0.15) is 0 Å². The van der Waals surface area contributed by atoms with Gasteiger partial charge in [-0.1, -0.05) is 6.07 Å². The van der Waals surface area contributed by atoms with Crippen LogP contribution in [0.25, 0.3) is 0 Å². The summed E-state index contributed by atoms with van der Waals surface area (Å²) in [6.45, 7) is 7.58. The normalized spacial score (nSPS) is 14.9. The van der Waals surface area contributed by atoms with E-state index < -0.39 is 0 Å². The molecule has 3 heterocycles. The zero-order valence-corrected chi connectivity index (χ0v) is 12.7. The monoisotopic (exact) mass is 286 g/mol. The predicted octanol–water partition coefficient (Wildman–Crippen LogP) is 2.58. The van der Waals surface area contributed by atoms with Crippen LogP contribution in [0.5, 0.6) is 0 Å². The van der Waals surface area contributed by atoms with Gasteiger partial charge in [0, 0.05) is 25.8 Å². The van der Waals surface area contributed by atoms with Crippen molar-refractivity contribution in [3.8, 4) is 0 Å². The molecule has 0 spiro atoms. The molecular weight excluding hydrogens is 264 g/mol. The van der Waals surface area contributed by atoms with Gasteiger partial charge in [-0.05, 0) is 38.3 Å². The second-order valence-corrected chi connectivity index (χ2v) is 5.57. The zero-order chi connectivity index (χ0) is 14.7. The highest BCUT2D eigenvalue weighted by Crippen LogP contribution is 2.17. The number of hydrogen-bond acceptors (Lipinski definition) is 5. The maximum Gasteiger partial charge on any atom is 0.208 e. The first-order valence-electron chi connectivity index (χ1n) is 7.56. The summed E-state index contributed by atoms with van der Waals surface area (Å²) in [6, 6.07) is 4.25. The molecule has 0 atom stereocenters. The van der Waals surface area contributed by atoms with Crippen molar-refractivity contribution in [3.05, 3.63) is 41.2 Å². The maximum atomic E-state index is 5.54. The van der Waals surface area contributed by atoms with E-state index in [1.807, 2.05) is 20.0 Å². The summed E-state index contributed by atoms with van der Waals surface area (Å²) in [5.74, 6) is 2.73. The summed E-state index contributed by atoms with van der Waals surface area (Å²) in [5.41, 5.74) is 2.14. The Balaban J connectivity index is 1.51. The molecule has 1 N–H and O–H groups in total. The lowest BCUT2D eigenvalue weighted by Crippen LogP contribution is -2.19. The summed E-state index contributed by atoms with van der Waals surface area (Å²) < 4.78 is 5.54. The minimum atomic E-state index is 0.641. The van der Waals surface area contributed by atoms with E-state index in [0.717, 1.165) is 42.8 Å². The second-order valence-electron chi connectivity index (χ2n) is 5.57. The zero-order valence-electron chi connectivity index (χ0n) is 12.7. The standard InChI is InChI=1S/C16H22N4O/c1-12-13(2)21-16(19-12)11-17-9-14-5-6-15(18-10-14)20-7-3-4-8-20/h5-6,10,17H,3-4,7-9,11H2,1-2H3. The Morgan fingerprint density at radius 2 is 2.00 bits per heavy atom. The Kier molecular flexibility index (Phi) is 4.20. The molecule has 0 radical (unpaired) electrons. The van der Waals surface area contributed by atoms with Crippen molar-refractivity contribution in [1.82, 2.24) is 15.3 Å². The lowest BCUT2D eigenvalue weighted by molar-refractivity contribution is 0.448. The van der Waals surface area contributed by atoms with Gasteiger partial charge in [-0.15, -0.1) is 0 Å². The average molecular weight is 286 g/mol. The Labute approximate surface area is 125 Å². The molecule has 21 heavy (non-hydrogen) atoms. The van der Waals surface area contributed by atoms with E-state index >= 15 is 0 Å². The number of oxazole rings is 1. The van der Waals surface area contributed by atoms with Crippen LogP contribution in [0.1, 0.15) is 35.7 Å². The lowest BCUT2D eigenvalue weighted by atomic mass is 10.2. The molecule has 0 amide bonds. The van der Waals surface area contributed by atoms with Crippen LogP contribution in [0, 0.1) is 13.8 Å². The number of aryl methyl sites for hydroxylation is 2. The number of pyridine rings is 1. The minimum absolute atomic E-state index is 0.641. The second kappa shape index (κ2) is 6.26. The van der Waals surface area contributed by atoms with Crippen LogP contribution >= 0.6 is 0 Å². The molecule has 2 aromatic heterocycles. The highest BCUT2D eigenvalue weighted by molar-refractivity contribution is 5.40. The predicted molar refractivity (Wildman–Crippen MR) is 82.2 cm³/mol. The van der Waals surface area contributed by atoms with Crippen molar-refractivity contribution < 1.29 is 4.42 Å². The molecule has 1 fully saturated rings. The van der Waals surface area contributed by atoms with Gasteiger partial charge in [0.15, 0.2) is 0 Å². The molecule has 112 valence electrons. The van der Waals surface area contributed by atoms with Crippen molar-refractivity contribution in [1.29, 1.82) is 0 Å². The largest absolute Gasteiger partial charge is 0.444 e. The smallest absolute Gasteiger partial charge is 0.208 e. The van der Waals surface area contributed by atoms with Gasteiger partial charge in [0.05, 0.1) is 12.2 Å². The van der Waals surface area contributed by atoms with Crippen LogP contribution in [0.3, 0.4) is 0 Å². The average Bonchev–Trinajstić information content (AvgIpc) is 3.11. The molecule has 5 nitrogen and oxygen atoms in total. The van der Waals surface area contributed by atoms with Crippen molar-refractivity contribution in [2.45, 2.75) is 39.8 Å². The Morgan fingerprint density at radius 3 is 2.62 bits per heavy atom. The SMILES string of the molecule is Cc1nc(CNCc2ccc(N3CCCC3)nc2)oc1C. The number of anilines is 1. The van der Waals surface area contributed by atoms with Gasteiger partial charge < -0.3 is 14.6 Å². The Bertz CT molecular complexity index is 565. The van der Waals surface area contributed by atoms with E-state index in [1.165, 1.54) is 18.4 Å². The molecule has 2 aromatic rings. The quantitative estimate of drug-likeness (QED) is 0.915. The third kappa shape index (κ3) is 3.42. The van der Waals surface area contributed by atoms with E-state index in [4.69, 9.17) is 4.42 Å². The van der Waals surface area contributed by atoms with E-state index in [2.05, 4.69) is 32.3 Å². The number of rotatable bonds is 5. The fraction of sp³-hybridized carbons (Fsp3) is 0.500. The first kappa shape index (κ1) is 14.1. The molecule has 1 aliphatic rings. The van der Waals surface area contributed by atoms with E-state index in [1.54, 1.807) is 0 Å². The fourth-order valence-corrected chi connectivity index (χ4v) is 2.58. The van der Waals surface area contributed by atoms with Crippen molar-refractivity contribution in [2.75, 3.05) is 18.0 Å². The highest BCUT2D eigenvalue weighted by Gasteiger charge is 2.12.